The molecule has 2 aliphatic heterocycles. The van der Waals surface area contributed by atoms with Gasteiger partial charge in [-0.1, -0.05) is 55.3 Å². The van der Waals surface area contributed by atoms with Gasteiger partial charge >= 0.3 is 0 Å². The topological polar surface area (TPSA) is 52.7 Å². The van der Waals surface area contributed by atoms with Gasteiger partial charge in [-0.05, 0) is 68.6 Å². The molecule has 2 amide bonds. The number of carbonyl (C=O) groups is 2. The minimum absolute atomic E-state index is 0.0133. The molecular formula is C27H34ClN3O2. The highest BCUT2D eigenvalue weighted by atomic mass is 35.5. The van der Waals surface area contributed by atoms with Gasteiger partial charge in [0.1, 0.15) is 0 Å². The van der Waals surface area contributed by atoms with Crippen molar-refractivity contribution in [3.8, 4) is 0 Å². The molecular weight excluding hydrogens is 434 g/mol. The monoisotopic (exact) mass is 467 g/mol. The second-order valence-electron chi connectivity index (χ2n) is 9.27. The molecule has 2 aliphatic rings. The number of fused-ring (bicyclic) bond motifs is 1. The van der Waals surface area contributed by atoms with Crippen LogP contribution in [0.1, 0.15) is 72.5 Å². The van der Waals surface area contributed by atoms with Crippen LogP contribution < -0.4 is 5.32 Å². The molecule has 176 valence electrons. The molecule has 0 bridgehead atoms. The first-order valence-corrected chi connectivity index (χ1v) is 12.5. The van der Waals surface area contributed by atoms with Crippen LogP contribution in [0.25, 0.3) is 0 Å². The average Bonchev–Trinajstić information content (AvgIpc) is 3.22. The molecule has 2 heterocycles. The van der Waals surface area contributed by atoms with E-state index >= 15 is 0 Å². The number of amides is 2. The quantitative estimate of drug-likeness (QED) is 0.593. The van der Waals surface area contributed by atoms with E-state index in [1.165, 1.54) is 12.8 Å². The number of likely N-dealkylation sites (tertiary alicyclic amines) is 1. The maximum atomic E-state index is 13.7. The van der Waals surface area contributed by atoms with Crippen molar-refractivity contribution in [2.75, 3.05) is 26.7 Å². The van der Waals surface area contributed by atoms with Crippen LogP contribution in [0.3, 0.4) is 0 Å². The molecule has 1 N–H and O–H groups in total. The average molecular weight is 468 g/mol. The highest BCUT2D eigenvalue weighted by molar-refractivity contribution is 6.30. The lowest BCUT2D eigenvalue weighted by molar-refractivity contribution is -0.124. The summed E-state index contributed by atoms with van der Waals surface area (Å²) in [6.45, 7) is 4.48. The molecule has 0 radical (unpaired) electrons. The number of halogens is 1. The summed E-state index contributed by atoms with van der Waals surface area (Å²) in [5.74, 6) is -0.515. The number of nitrogens with one attached hydrogen (secondary N) is 1. The van der Waals surface area contributed by atoms with E-state index in [1.54, 1.807) is 0 Å². The third kappa shape index (κ3) is 5.10. The first-order chi connectivity index (χ1) is 16.0. The van der Waals surface area contributed by atoms with Crippen LogP contribution in [0, 0.1) is 0 Å². The molecule has 2 aromatic carbocycles. The largest absolute Gasteiger partial charge is 0.355 e. The van der Waals surface area contributed by atoms with E-state index in [2.05, 4.69) is 24.2 Å². The molecule has 0 unspecified atom stereocenters. The first-order valence-electron chi connectivity index (χ1n) is 12.1. The molecule has 1 saturated heterocycles. The molecule has 0 saturated carbocycles. The van der Waals surface area contributed by atoms with Crippen LogP contribution in [-0.2, 0) is 4.79 Å². The van der Waals surface area contributed by atoms with Crippen molar-refractivity contribution in [2.45, 2.75) is 57.0 Å². The summed E-state index contributed by atoms with van der Waals surface area (Å²) in [5, 5.41) is 3.82. The van der Waals surface area contributed by atoms with E-state index in [9.17, 15) is 9.59 Å². The van der Waals surface area contributed by atoms with Crippen molar-refractivity contribution in [2.24, 2.45) is 0 Å². The fraction of sp³-hybridized carbons (Fsp3) is 0.481. The Morgan fingerprint density at radius 2 is 2.00 bits per heavy atom. The predicted octanol–water partition coefficient (Wildman–Crippen LogP) is 5.02. The lowest BCUT2D eigenvalue weighted by Crippen LogP contribution is -2.48. The summed E-state index contributed by atoms with van der Waals surface area (Å²) in [5.41, 5.74) is 2.33. The van der Waals surface area contributed by atoms with Gasteiger partial charge in [0.15, 0.2) is 0 Å². The molecule has 0 aliphatic carbocycles. The third-order valence-electron chi connectivity index (χ3n) is 7.11. The zero-order chi connectivity index (χ0) is 23.4. The Morgan fingerprint density at radius 3 is 2.73 bits per heavy atom. The number of hydrogen-bond acceptors (Lipinski definition) is 3. The van der Waals surface area contributed by atoms with Gasteiger partial charge in [0.25, 0.3) is 5.91 Å². The van der Waals surface area contributed by atoms with Gasteiger partial charge in [-0.3, -0.25) is 9.59 Å². The molecule has 0 spiro atoms. The number of nitrogens with zero attached hydrogens (tertiary/aromatic N) is 2. The standard InChI is InChI=1S/C27H34ClN3O2/c1-3-4-17-31-25(19-9-7-10-20(28)18-19)24(22-12-5-6-13-23(22)27(31)33)26(32)29-15-14-21-11-8-16-30(21)2/h5-7,9-10,12-13,18,21,24-25H,3-4,8,11,14-17H2,1-2H3,(H,29,32)/t21-,24-,25+/m0/s1. The van der Waals surface area contributed by atoms with Gasteiger partial charge in [0, 0.05) is 29.7 Å². The lowest BCUT2D eigenvalue weighted by atomic mass is 9.79. The number of benzene rings is 2. The summed E-state index contributed by atoms with van der Waals surface area (Å²) in [6, 6.07) is 15.3. The second-order valence-corrected chi connectivity index (χ2v) is 9.71. The molecule has 5 nitrogen and oxygen atoms in total. The van der Waals surface area contributed by atoms with E-state index in [0.29, 0.717) is 29.7 Å². The highest BCUT2D eigenvalue weighted by Crippen LogP contribution is 2.43. The molecule has 2 aromatic rings. The lowest BCUT2D eigenvalue weighted by Gasteiger charge is -2.42. The van der Waals surface area contributed by atoms with E-state index in [1.807, 2.05) is 53.4 Å². The second kappa shape index (κ2) is 10.7. The van der Waals surface area contributed by atoms with Gasteiger partial charge in [-0.15, -0.1) is 0 Å². The predicted molar refractivity (Wildman–Crippen MR) is 133 cm³/mol. The van der Waals surface area contributed by atoms with Crippen molar-refractivity contribution in [1.29, 1.82) is 0 Å². The van der Waals surface area contributed by atoms with Crippen molar-refractivity contribution in [3.05, 3.63) is 70.2 Å². The minimum Gasteiger partial charge on any atom is -0.355 e. The van der Waals surface area contributed by atoms with Gasteiger partial charge in [-0.2, -0.15) is 0 Å². The van der Waals surface area contributed by atoms with Crippen molar-refractivity contribution in [3.63, 3.8) is 0 Å². The van der Waals surface area contributed by atoms with E-state index in [0.717, 1.165) is 36.9 Å². The van der Waals surface area contributed by atoms with Crippen LogP contribution in [0.5, 0.6) is 0 Å². The van der Waals surface area contributed by atoms with Crippen LogP contribution in [0.2, 0.25) is 5.02 Å². The maximum absolute atomic E-state index is 13.7. The van der Waals surface area contributed by atoms with Crippen molar-refractivity contribution in [1.82, 2.24) is 15.1 Å². The summed E-state index contributed by atoms with van der Waals surface area (Å²) >= 11 is 6.34. The van der Waals surface area contributed by atoms with Gasteiger partial charge in [-0.25, -0.2) is 0 Å². The SMILES string of the molecule is CCCCN1C(=O)c2ccccc2[C@H](C(=O)NCC[C@@H]2CCCN2C)[C@H]1c1cccc(Cl)c1. The Kier molecular flexibility index (Phi) is 7.71. The summed E-state index contributed by atoms with van der Waals surface area (Å²) < 4.78 is 0. The van der Waals surface area contributed by atoms with Crippen LogP contribution >= 0.6 is 11.6 Å². The Hall–Kier alpha value is -2.37. The number of rotatable bonds is 8. The zero-order valence-corrected chi connectivity index (χ0v) is 20.4. The van der Waals surface area contributed by atoms with Gasteiger partial charge < -0.3 is 15.1 Å². The Balaban J connectivity index is 1.67. The van der Waals surface area contributed by atoms with Crippen molar-refractivity contribution >= 4 is 23.4 Å². The highest BCUT2D eigenvalue weighted by Gasteiger charge is 2.43. The first kappa shape index (κ1) is 23.8. The van der Waals surface area contributed by atoms with Crippen LogP contribution in [0.4, 0.5) is 0 Å². The summed E-state index contributed by atoms with van der Waals surface area (Å²) in [6.07, 6.45) is 5.20. The van der Waals surface area contributed by atoms with Crippen LogP contribution in [-0.4, -0.2) is 54.3 Å². The zero-order valence-electron chi connectivity index (χ0n) is 19.6. The molecule has 0 aromatic heterocycles. The minimum atomic E-state index is -0.476. The van der Waals surface area contributed by atoms with Crippen molar-refractivity contribution < 1.29 is 9.59 Å². The van der Waals surface area contributed by atoms with Gasteiger partial charge in [0.05, 0.1) is 12.0 Å². The fourth-order valence-electron chi connectivity index (χ4n) is 5.33. The van der Waals surface area contributed by atoms with E-state index < -0.39 is 5.92 Å². The Bertz CT molecular complexity index is 995. The smallest absolute Gasteiger partial charge is 0.254 e. The number of unbranched alkanes of at least 4 members (excludes halogenated alkanes) is 1. The summed E-state index contributed by atoms with van der Waals surface area (Å²) in [7, 11) is 2.16. The maximum Gasteiger partial charge on any atom is 0.254 e. The van der Waals surface area contributed by atoms with E-state index in [4.69, 9.17) is 11.6 Å². The molecule has 33 heavy (non-hydrogen) atoms. The van der Waals surface area contributed by atoms with Gasteiger partial charge in [0.2, 0.25) is 5.91 Å². The number of hydrogen-bond donors (Lipinski definition) is 1. The number of carbonyl (C=O) groups excluding carboxylic acids is 2. The molecule has 3 atom stereocenters. The normalized spacial score (nSPS) is 22.9. The molecule has 1 fully saturated rings. The van der Waals surface area contributed by atoms with Crippen LogP contribution in [0.15, 0.2) is 48.5 Å². The summed E-state index contributed by atoms with van der Waals surface area (Å²) in [4.78, 5) is 31.5. The molecule has 4 rings (SSSR count). The van der Waals surface area contributed by atoms with E-state index in [-0.39, 0.29) is 17.9 Å². The molecule has 6 heteroatoms. The third-order valence-corrected chi connectivity index (χ3v) is 7.35. The fourth-order valence-corrected chi connectivity index (χ4v) is 5.53. The Morgan fingerprint density at radius 1 is 1.18 bits per heavy atom. The Labute approximate surface area is 202 Å².